The third-order valence-electron chi connectivity index (χ3n) is 4.39. The third kappa shape index (κ3) is 4.76. The Balaban J connectivity index is 1.43. The number of ether oxygens (including phenoxy) is 1. The zero-order valence-corrected chi connectivity index (χ0v) is 16.5. The highest BCUT2D eigenvalue weighted by molar-refractivity contribution is 7.10. The summed E-state index contributed by atoms with van der Waals surface area (Å²) in [6.45, 7) is 2.66. The van der Waals surface area contributed by atoms with Gasteiger partial charge in [0.05, 0.1) is 5.69 Å². The molecule has 2 nitrogen and oxygen atoms in total. The maximum absolute atomic E-state index is 5.91. The second-order valence-corrected chi connectivity index (χ2v) is 7.51. The topological polar surface area (TPSA) is 22.1 Å². The minimum atomic E-state index is 0.570. The Labute approximate surface area is 169 Å². The van der Waals surface area contributed by atoms with Crippen molar-refractivity contribution >= 4 is 23.5 Å². The van der Waals surface area contributed by atoms with Crippen molar-refractivity contribution in [2.45, 2.75) is 13.5 Å². The maximum Gasteiger partial charge on any atom is 0.120 e. The van der Waals surface area contributed by atoms with Gasteiger partial charge in [0.1, 0.15) is 17.4 Å². The quantitative estimate of drug-likeness (QED) is 0.362. The van der Waals surface area contributed by atoms with Crippen molar-refractivity contribution in [2.75, 3.05) is 0 Å². The summed E-state index contributed by atoms with van der Waals surface area (Å²) in [5.74, 6) is 0.866. The van der Waals surface area contributed by atoms with Gasteiger partial charge in [0.2, 0.25) is 0 Å². The lowest BCUT2D eigenvalue weighted by Crippen LogP contribution is -1.94. The molecule has 28 heavy (non-hydrogen) atoms. The third-order valence-corrected chi connectivity index (χ3v) is 5.20. The van der Waals surface area contributed by atoms with Crippen molar-refractivity contribution in [3.63, 3.8) is 0 Å². The van der Waals surface area contributed by atoms with Gasteiger partial charge in [-0.15, -0.1) is 11.3 Å². The fraction of sp³-hybridized carbons (Fsp3) is 0.0800. The van der Waals surface area contributed by atoms with Crippen molar-refractivity contribution in [2.24, 2.45) is 0 Å². The van der Waals surface area contributed by atoms with Crippen LogP contribution in [0, 0.1) is 6.92 Å². The molecule has 0 aliphatic carbocycles. The summed E-state index contributed by atoms with van der Waals surface area (Å²) in [4.78, 5) is 4.72. The zero-order valence-electron chi connectivity index (χ0n) is 15.7. The van der Waals surface area contributed by atoms with E-state index in [0.29, 0.717) is 6.61 Å². The summed E-state index contributed by atoms with van der Waals surface area (Å²) in [7, 11) is 0. The van der Waals surface area contributed by atoms with Gasteiger partial charge in [-0.1, -0.05) is 78.4 Å². The number of thiazole rings is 1. The molecular weight excluding hydrogens is 362 g/mol. The lowest BCUT2D eigenvalue weighted by Gasteiger charge is -2.06. The number of hydrogen-bond acceptors (Lipinski definition) is 3. The molecule has 138 valence electrons. The summed E-state index contributed by atoms with van der Waals surface area (Å²) in [6.07, 6.45) is 4.13. The van der Waals surface area contributed by atoms with Crippen molar-refractivity contribution in [3.8, 4) is 17.0 Å². The molecule has 0 amide bonds. The molecule has 0 fully saturated rings. The van der Waals surface area contributed by atoms with Crippen LogP contribution in [0.3, 0.4) is 0 Å². The van der Waals surface area contributed by atoms with E-state index >= 15 is 0 Å². The highest BCUT2D eigenvalue weighted by Crippen LogP contribution is 2.24. The highest BCUT2D eigenvalue weighted by atomic mass is 32.1. The van der Waals surface area contributed by atoms with Crippen LogP contribution in [0.15, 0.2) is 84.2 Å². The first-order valence-electron chi connectivity index (χ1n) is 9.24. The monoisotopic (exact) mass is 383 g/mol. The van der Waals surface area contributed by atoms with Crippen molar-refractivity contribution in [1.82, 2.24) is 4.98 Å². The molecule has 0 spiro atoms. The van der Waals surface area contributed by atoms with Crippen LogP contribution < -0.4 is 4.74 Å². The molecule has 0 N–H and O–H groups in total. The number of nitrogens with zero attached hydrogens (tertiary/aromatic N) is 1. The number of rotatable bonds is 6. The van der Waals surface area contributed by atoms with Gasteiger partial charge in [0.15, 0.2) is 0 Å². The molecular formula is C25H21NOS. The lowest BCUT2D eigenvalue weighted by atomic mass is 10.1. The minimum Gasteiger partial charge on any atom is -0.489 e. The summed E-state index contributed by atoms with van der Waals surface area (Å²) in [5, 5.41) is 3.09. The average Bonchev–Trinajstić information content (AvgIpc) is 3.21. The summed E-state index contributed by atoms with van der Waals surface area (Å²) in [5.41, 5.74) is 5.68. The van der Waals surface area contributed by atoms with E-state index in [4.69, 9.17) is 9.72 Å². The van der Waals surface area contributed by atoms with Crippen LogP contribution in [-0.4, -0.2) is 4.98 Å². The SMILES string of the molecule is Cc1ccc(-c2csc(C=Cc3cccc(OCc4ccccc4)c3)n2)cc1. The van der Waals surface area contributed by atoms with E-state index in [1.807, 2.05) is 36.4 Å². The van der Waals surface area contributed by atoms with Crippen molar-refractivity contribution in [3.05, 3.63) is 106 Å². The van der Waals surface area contributed by atoms with E-state index in [9.17, 15) is 0 Å². The van der Waals surface area contributed by atoms with Gasteiger partial charge in [0.25, 0.3) is 0 Å². The molecule has 3 heteroatoms. The predicted molar refractivity (Wildman–Crippen MR) is 118 cm³/mol. The van der Waals surface area contributed by atoms with E-state index in [0.717, 1.165) is 33.1 Å². The smallest absolute Gasteiger partial charge is 0.120 e. The van der Waals surface area contributed by atoms with E-state index in [-0.39, 0.29) is 0 Å². The molecule has 0 aliphatic rings. The first-order valence-corrected chi connectivity index (χ1v) is 10.1. The van der Waals surface area contributed by atoms with Crippen LogP contribution in [0.25, 0.3) is 23.4 Å². The Morgan fingerprint density at radius 2 is 1.71 bits per heavy atom. The molecule has 0 saturated heterocycles. The highest BCUT2D eigenvalue weighted by Gasteiger charge is 2.02. The zero-order chi connectivity index (χ0) is 19.2. The van der Waals surface area contributed by atoms with Gasteiger partial charge in [-0.05, 0) is 36.3 Å². The second-order valence-electron chi connectivity index (χ2n) is 6.62. The number of aromatic nitrogens is 1. The molecule has 1 heterocycles. The Hall–Kier alpha value is -3.17. The van der Waals surface area contributed by atoms with E-state index in [1.54, 1.807) is 11.3 Å². The Bertz CT molecular complexity index is 1070. The molecule has 0 atom stereocenters. The normalized spacial score (nSPS) is 11.0. The van der Waals surface area contributed by atoms with Crippen LogP contribution in [0.1, 0.15) is 21.7 Å². The Morgan fingerprint density at radius 1 is 0.893 bits per heavy atom. The van der Waals surface area contributed by atoms with Crippen LogP contribution in [-0.2, 0) is 6.61 Å². The summed E-state index contributed by atoms with van der Waals surface area (Å²) in [6, 6.07) is 26.8. The van der Waals surface area contributed by atoms with Crippen LogP contribution >= 0.6 is 11.3 Å². The number of benzene rings is 3. The van der Waals surface area contributed by atoms with Gasteiger partial charge in [-0.2, -0.15) is 0 Å². The Morgan fingerprint density at radius 3 is 2.54 bits per heavy atom. The first-order chi connectivity index (χ1) is 13.8. The lowest BCUT2D eigenvalue weighted by molar-refractivity contribution is 0.306. The summed E-state index contributed by atoms with van der Waals surface area (Å²) >= 11 is 1.65. The molecule has 0 bridgehead atoms. The number of aryl methyl sites for hydroxylation is 1. The molecule has 0 aliphatic heterocycles. The minimum absolute atomic E-state index is 0.570. The molecule has 4 aromatic rings. The molecule has 0 radical (unpaired) electrons. The van der Waals surface area contributed by atoms with E-state index in [2.05, 4.69) is 66.9 Å². The fourth-order valence-electron chi connectivity index (χ4n) is 2.84. The largest absolute Gasteiger partial charge is 0.489 e. The first kappa shape index (κ1) is 18.2. The fourth-order valence-corrected chi connectivity index (χ4v) is 3.56. The van der Waals surface area contributed by atoms with E-state index in [1.165, 1.54) is 5.56 Å². The standard InChI is InChI=1S/C25H21NOS/c1-19-10-13-22(14-11-19)24-18-28-25(26-24)15-12-20-8-5-9-23(16-20)27-17-21-6-3-2-4-7-21/h2-16,18H,17H2,1H3. The van der Waals surface area contributed by atoms with Crippen LogP contribution in [0.4, 0.5) is 0 Å². The van der Waals surface area contributed by atoms with E-state index < -0.39 is 0 Å². The molecule has 0 saturated carbocycles. The molecule has 4 rings (SSSR count). The van der Waals surface area contributed by atoms with Crippen LogP contribution in [0.5, 0.6) is 5.75 Å². The van der Waals surface area contributed by atoms with Crippen LogP contribution in [0.2, 0.25) is 0 Å². The molecule has 0 unspecified atom stereocenters. The molecule has 1 aromatic heterocycles. The number of hydrogen-bond donors (Lipinski definition) is 0. The van der Waals surface area contributed by atoms with Crippen molar-refractivity contribution in [1.29, 1.82) is 0 Å². The second kappa shape index (κ2) is 8.68. The predicted octanol–water partition coefficient (Wildman–Crippen LogP) is 6.87. The van der Waals surface area contributed by atoms with Crippen molar-refractivity contribution < 1.29 is 4.74 Å². The Kier molecular flexibility index (Phi) is 5.64. The van der Waals surface area contributed by atoms with Gasteiger partial charge in [-0.3, -0.25) is 0 Å². The summed E-state index contributed by atoms with van der Waals surface area (Å²) < 4.78 is 5.91. The molecule has 3 aromatic carbocycles. The van der Waals surface area contributed by atoms with Gasteiger partial charge in [-0.25, -0.2) is 4.98 Å². The van der Waals surface area contributed by atoms with Gasteiger partial charge >= 0.3 is 0 Å². The maximum atomic E-state index is 5.91. The van der Waals surface area contributed by atoms with Gasteiger partial charge < -0.3 is 4.74 Å². The van der Waals surface area contributed by atoms with Gasteiger partial charge in [0, 0.05) is 10.9 Å². The average molecular weight is 384 g/mol.